The van der Waals surface area contributed by atoms with Gasteiger partial charge in [0.2, 0.25) is 15.6 Å². The number of ether oxygens (including phenoxy) is 1. The topological polar surface area (TPSA) is 98.5 Å². The molecule has 3 N–H and O–H groups in total. The molecule has 0 radical (unpaired) electrons. The van der Waals surface area contributed by atoms with Gasteiger partial charge in [0.15, 0.2) is 0 Å². The van der Waals surface area contributed by atoms with Crippen LogP contribution in [0.25, 0.3) is 0 Å². The fourth-order valence-electron chi connectivity index (χ4n) is 3.20. The molecule has 0 unspecified atom stereocenters. The van der Waals surface area contributed by atoms with Gasteiger partial charge in [0.1, 0.15) is 20.5 Å². The van der Waals surface area contributed by atoms with E-state index in [4.69, 9.17) is 22.1 Å². The molecule has 1 heterocycles. The average Bonchev–Trinajstić information content (AvgIpc) is 3.16. The predicted octanol–water partition coefficient (Wildman–Crippen LogP) is 5.80. The number of hydrogen-bond acceptors (Lipinski definition) is 7. The molecule has 0 saturated heterocycles. The van der Waals surface area contributed by atoms with E-state index in [0.717, 1.165) is 11.3 Å². The van der Waals surface area contributed by atoms with E-state index in [9.17, 15) is 13.2 Å². The first-order valence-corrected chi connectivity index (χ1v) is 12.4. The Balaban J connectivity index is 1.86. The molecular formula is C24H19ClN2O4S2. The first-order chi connectivity index (χ1) is 15.8. The van der Waals surface area contributed by atoms with Crippen LogP contribution in [0.4, 0.5) is 16.4 Å². The van der Waals surface area contributed by atoms with Crippen molar-refractivity contribution in [2.75, 3.05) is 18.2 Å². The van der Waals surface area contributed by atoms with Crippen molar-refractivity contribution in [1.82, 2.24) is 0 Å². The predicted molar refractivity (Wildman–Crippen MR) is 132 cm³/mol. The van der Waals surface area contributed by atoms with Gasteiger partial charge < -0.3 is 15.8 Å². The van der Waals surface area contributed by atoms with Crippen LogP contribution in [-0.2, 0) is 9.84 Å². The first kappa shape index (κ1) is 22.8. The highest BCUT2D eigenvalue weighted by atomic mass is 35.5. The summed E-state index contributed by atoms with van der Waals surface area (Å²) in [6.45, 7) is 0. The quantitative estimate of drug-likeness (QED) is 0.312. The molecule has 0 fully saturated rings. The lowest BCUT2D eigenvalue weighted by atomic mass is 10.1. The third-order valence-corrected chi connectivity index (χ3v) is 8.24. The lowest BCUT2D eigenvalue weighted by molar-refractivity contribution is 0.104. The van der Waals surface area contributed by atoms with Crippen LogP contribution < -0.4 is 15.8 Å². The number of carbonyl (C=O) groups is 1. The van der Waals surface area contributed by atoms with E-state index in [-0.39, 0.29) is 31.1 Å². The summed E-state index contributed by atoms with van der Waals surface area (Å²) < 4.78 is 32.3. The Bertz CT molecular complexity index is 1400. The normalized spacial score (nSPS) is 11.2. The Morgan fingerprint density at radius 1 is 0.970 bits per heavy atom. The molecule has 4 rings (SSSR count). The van der Waals surface area contributed by atoms with Crippen LogP contribution in [0.1, 0.15) is 15.2 Å². The van der Waals surface area contributed by atoms with Crippen LogP contribution in [0.3, 0.4) is 0 Å². The minimum atomic E-state index is -4.06. The second kappa shape index (κ2) is 9.27. The second-order valence-electron chi connectivity index (χ2n) is 7.01. The Morgan fingerprint density at radius 3 is 2.21 bits per heavy atom. The van der Waals surface area contributed by atoms with E-state index >= 15 is 0 Å². The molecule has 3 aromatic carbocycles. The summed E-state index contributed by atoms with van der Waals surface area (Å²) >= 11 is 6.96. The van der Waals surface area contributed by atoms with Gasteiger partial charge in [-0.3, -0.25) is 4.79 Å². The number of ketones is 1. The molecule has 0 bridgehead atoms. The number of hydrogen-bond donors (Lipinski definition) is 2. The Morgan fingerprint density at radius 2 is 1.61 bits per heavy atom. The first-order valence-electron chi connectivity index (χ1n) is 9.75. The highest BCUT2D eigenvalue weighted by Gasteiger charge is 2.31. The summed E-state index contributed by atoms with van der Waals surface area (Å²) in [6, 6.07) is 21.3. The van der Waals surface area contributed by atoms with Crippen LogP contribution in [0.2, 0.25) is 5.02 Å². The van der Waals surface area contributed by atoms with Crippen molar-refractivity contribution in [2.45, 2.75) is 9.79 Å². The minimum Gasteiger partial charge on any atom is -0.497 e. The molecule has 9 heteroatoms. The number of carbonyl (C=O) groups excluding carboxylic acids is 1. The molecule has 1 aromatic heterocycles. The van der Waals surface area contributed by atoms with Crippen LogP contribution in [-0.4, -0.2) is 21.3 Å². The van der Waals surface area contributed by atoms with Gasteiger partial charge in [-0.1, -0.05) is 41.9 Å². The van der Waals surface area contributed by atoms with E-state index in [1.807, 2.05) is 0 Å². The van der Waals surface area contributed by atoms with E-state index in [2.05, 4.69) is 5.32 Å². The number of nitrogen functional groups attached to an aromatic ring is 1. The molecule has 0 amide bonds. The number of nitrogens with two attached hydrogens (primary N) is 1. The van der Waals surface area contributed by atoms with Gasteiger partial charge in [0, 0.05) is 16.3 Å². The van der Waals surface area contributed by atoms with Crippen molar-refractivity contribution in [3.63, 3.8) is 0 Å². The van der Waals surface area contributed by atoms with E-state index in [1.165, 1.54) is 19.2 Å². The van der Waals surface area contributed by atoms with E-state index in [1.54, 1.807) is 66.7 Å². The largest absolute Gasteiger partial charge is 0.497 e. The number of sulfone groups is 1. The number of halogens is 1. The Labute approximate surface area is 200 Å². The van der Waals surface area contributed by atoms with Crippen LogP contribution in [0.15, 0.2) is 88.7 Å². The highest BCUT2D eigenvalue weighted by Crippen LogP contribution is 2.44. The maximum atomic E-state index is 13.6. The molecule has 4 aromatic rings. The fourth-order valence-corrected chi connectivity index (χ4v) is 6.26. The van der Waals surface area contributed by atoms with Gasteiger partial charge in [-0.25, -0.2) is 8.42 Å². The fraction of sp³-hybridized carbons (Fsp3) is 0.0417. The van der Waals surface area contributed by atoms with Crippen molar-refractivity contribution in [1.29, 1.82) is 0 Å². The molecule has 168 valence electrons. The maximum Gasteiger partial charge on any atom is 0.211 e. The van der Waals surface area contributed by atoms with Crippen LogP contribution in [0, 0.1) is 0 Å². The second-order valence-corrected chi connectivity index (χ2v) is 10.4. The lowest BCUT2D eigenvalue weighted by Gasteiger charge is -2.10. The summed E-state index contributed by atoms with van der Waals surface area (Å²) in [4.78, 5) is 13.2. The van der Waals surface area contributed by atoms with Crippen molar-refractivity contribution < 1.29 is 17.9 Å². The molecule has 0 atom stereocenters. The molecule has 33 heavy (non-hydrogen) atoms. The molecular weight excluding hydrogens is 480 g/mol. The molecule has 0 spiro atoms. The Kier molecular flexibility index (Phi) is 6.42. The smallest absolute Gasteiger partial charge is 0.211 e. The molecule has 0 aliphatic carbocycles. The summed E-state index contributed by atoms with van der Waals surface area (Å²) in [6.07, 6.45) is 0. The van der Waals surface area contributed by atoms with Gasteiger partial charge in [0.05, 0.1) is 17.7 Å². The van der Waals surface area contributed by atoms with E-state index in [0.29, 0.717) is 22.0 Å². The lowest BCUT2D eigenvalue weighted by Crippen LogP contribution is -2.08. The molecule has 6 nitrogen and oxygen atoms in total. The van der Waals surface area contributed by atoms with Crippen LogP contribution >= 0.6 is 22.9 Å². The third kappa shape index (κ3) is 4.59. The average molecular weight is 499 g/mol. The van der Waals surface area contributed by atoms with Gasteiger partial charge >= 0.3 is 0 Å². The zero-order valence-corrected chi connectivity index (χ0v) is 19.8. The summed E-state index contributed by atoms with van der Waals surface area (Å²) in [5.74, 6) is 0.167. The SMILES string of the molecule is COc1ccc(S(=O)(=O)c2c(Nc3ccc(Cl)cc3)sc(C(=O)c3ccccc3)c2N)cc1. The zero-order chi connectivity index (χ0) is 23.6. The van der Waals surface area contributed by atoms with Gasteiger partial charge in [-0.2, -0.15) is 0 Å². The summed E-state index contributed by atoms with van der Waals surface area (Å²) in [5, 5.41) is 3.87. The number of nitrogens with one attached hydrogen (secondary N) is 1. The van der Waals surface area contributed by atoms with Gasteiger partial charge in [-0.05, 0) is 48.5 Å². The summed E-state index contributed by atoms with van der Waals surface area (Å²) in [7, 11) is -2.56. The van der Waals surface area contributed by atoms with Crippen molar-refractivity contribution in [2.24, 2.45) is 0 Å². The van der Waals surface area contributed by atoms with E-state index < -0.39 is 9.84 Å². The number of benzene rings is 3. The van der Waals surface area contributed by atoms with Crippen LogP contribution in [0.5, 0.6) is 5.75 Å². The van der Waals surface area contributed by atoms with Crippen molar-refractivity contribution in [3.8, 4) is 5.75 Å². The number of thiophene rings is 1. The number of rotatable bonds is 7. The van der Waals surface area contributed by atoms with Crippen molar-refractivity contribution >= 4 is 54.9 Å². The Hall–Kier alpha value is -3.33. The molecule has 0 aliphatic heterocycles. The maximum absolute atomic E-state index is 13.6. The highest BCUT2D eigenvalue weighted by molar-refractivity contribution is 7.92. The molecule has 0 aliphatic rings. The van der Waals surface area contributed by atoms with Gasteiger partial charge in [-0.15, -0.1) is 11.3 Å². The zero-order valence-electron chi connectivity index (χ0n) is 17.4. The number of anilines is 3. The number of methoxy groups -OCH3 is 1. The standard InChI is InChI=1S/C24H19ClN2O4S2/c1-31-18-11-13-19(14-12-18)33(29,30)23-20(26)22(21(28)15-5-3-2-4-6-15)32-24(23)27-17-9-7-16(25)8-10-17/h2-14,27H,26H2,1H3. The monoisotopic (exact) mass is 498 g/mol. The van der Waals surface area contributed by atoms with Gasteiger partial charge in [0.25, 0.3) is 0 Å². The third-order valence-electron chi connectivity index (χ3n) is 4.88. The van der Waals surface area contributed by atoms with Crippen molar-refractivity contribution in [3.05, 3.63) is 94.3 Å². The summed E-state index contributed by atoms with van der Waals surface area (Å²) in [5.41, 5.74) is 7.24. The molecule has 0 saturated carbocycles. The minimum absolute atomic E-state index is 0.0330.